The van der Waals surface area contributed by atoms with Crippen LogP contribution in [0.25, 0.3) is 0 Å². The van der Waals surface area contributed by atoms with Crippen LogP contribution >= 0.6 is 15.9 Å². The number of carbonyl (C=O) groups excluding carboxylic acids is 2. The Bertz CT molecular complexity index is 522. The topological polar surface area (TPSA) is 87.5 Å². The fraction of sp³-hybridized carbons (Fsp3) is 0.333. The van der Waals surface area contributed by atoms with Crippen molar-refractivity contribution in [2.45, 2.75) is 0 Å². The van der Waals surface area contributed by atoms with Gasteiger partial charge in [0.2, 0.25) is 0 Å². The van der Waals surface area contributed by atoms with Crippen LogP contribution in [-0.2, 0) is 0 Å². The molecule has 1 rings (SSSR count). The maximum atomic E-state index is 13.2. The lowest BCUT2D eigenvalue weighted by Crippen LogP contribution is -2.39. The van der Waals surface area contributed by atoms with Crippen molar-refractivity contribution in [2.24, 2.45) is 0 Å². The number of amides is 3. The lowest BCUT2D eigenvalue weighted by molar-refractivity contribution is 0.0953. The largest absolute Gasteiger partial charge is 0.396 e. The van der Waals surface area contributed by atoms with Crippen molar-refractivity contribution in [3.8, 4) is 0 Å². The lowest BCUT2D eigenvalue weighted by atomic mass is 10.2. The highest BCUT2D eigenvalue weighted by Gasteiger charge is 2.13. The molecule has 0 radical (unpaired) electrons. The highest BCUT2D eigenvalue weighted by atomic mass is 79.9. The second kappa shape index (κ2) is 7.09. The maximum Gasteiger partial charge on any atom is 0.316 e. The number of rotatable bonds is 4. The number of urea groups is 1. The Morgan fingerprint density at radius 1 is 1.30 bits per heavy atom. The number of nitrogens with one attached hydrogen (secondary N) is 2. The predicted octanol–water partition coefficient (Wildman–Crippen LogP) is 1.17. The van der Waals surface area contributed by atoms with Crippen molar-refractivity contribution in [3.05, 3.63) is 28.0 Å². The van der Waals surface area contributed by atoms with Gasteiger partial charge in [-0.25, -0.2) is 9.18 Å². The van der Waals surface area contributed by atoms with E-state index < -0.39 is 11.7 Å². The number of nitrogen functional groups attached to an aromatic ring is 1. The fourth-order valence-electron chi connectivity index (χ4n) is 1.34. The second-order valence-electron chi connectivity index (χ2n) is 4.24. The first-order chi connectivity index (χ1) is 9.32. The van der Waals surface area contributed by atoms with Gasteiger partial charge in [-0.2, -0.15) is 0 Å². The fourth-order valence-corrected chi connectivity index (χ4v) is 1.83. The molecule has 0 aliphatic carbocycles. The average molecular weight is 347 g/mol. The first-order valence-electron chi connectivity index (χ1n) is 5.80. The average Bonchev–Trinajstić information content (AvgIpc) is 2.38. The monoisotopic (exact) mass is 346 g/mol. The van der Waals surface area contributed by atoms with Gasteiger partial charge in [-0.1, -0.05) is 0 Å². The van der Waals surface area contributed by atoms with E-state index in [2.05, 4.69) is 26.6 Å². The Balaban J connectivity index is 2.52. The number of carbonyl (C=O) groups is 2. The number of nitrogens with zero attached hydrogens (tertiary/aromatic N) is 1. The van der Waals surface area contributed by atoms with Gasteiger partial charge in [-0.15, -0.1) is 0 Å². The molecule has 0 aliphatic rings. The van der Waals surface area contributed by atoms with Crippen LogP contribution in [-0.4, -0.2) is 44.0 Å². The molecule has 0 saturated heterocycles. The molecule has 0 aliphatic heterocycles. The summed E-state index contributed by atoms with van der Waals surface area (Å²) in [5, 5.41) is 5.20. The molecule has 0 unspecified atom stereocenters. The minimum Gasteiger partial charge on any atom is -0.396 e. The molecule has 0 bridgehead atoms. The summed E-state index contributed by atoms with van der Waals surface area (Å²) in [4.78, 5) is 24.5. The van der Waals surface area contributed by atoms with Crippen molar-refractivity contribution >= 4 is 33.6 Å². The van der Waals surface area contributed by atoms with E-state index in [4.69, 9.17) is 5.73 Å². The molecule has 0 atom stereocenters. The van der Waals surface area contributed by atoms with Crippen molar-refractivity contribution in [1.82, 2.24) is 15.5 Å². The summed E-state index contributed by atoms with van der Waals surface area (Å²) in [5.41, 5.74) is 5.56. The van der Waals surface area contributed by atoms with Gasteiger partial charge >= 0.3 is 6.03 Å². The third-order valence-electron chi connectivity index (χ3n) is 2.42. The van der Waals surface area contributed by atoms with Crippen LogP contribution in [0.3, 0.4) is 0 Å². The first kappa shape index (κ1) is 16.2. The summed E-state index contributed by atoms with van der Waals surface area (Å²) in [6.45, 7) is 0.541. The molecule has 6 nitrogen and oxygen atoms in total. The molecule has 3 amide bonds. The SMILES string of the molecule is CN(C)C(=O)NCCNC(=O)c1cc(N)c(F)cc1Br. The number of halogens is 2. The number of benzene rings is 1. The number of hydrogen-bond donors (Lipinski definition) is 3. The number of nitrogens with two attached hydrogens (primary N) is 1. The molecule has 0 fully saturated rings. The molecular formula is C12H16BrFN4O2. The summed E-state index contributed by atoms with van der Waals surface area (Å²) in [5.74, 6) is -0.991. The van der Waals surface area contributed by atoms with E-state index in [0.717, 1.165) is 6.07 Å². The second-order valence-corrected chi connectivity index (χ2v) is 5.09. The van der Waals surface area contributed by atoms with Crippen LogP contribution in [0.15, 0.2) is 16.6 Å². The van der Waals surface area contributed by atoms with Crippen LogP contribution in [0.4, 0.5) is 14.9 Å². The summed E-state index contributed by atoms with van der Waals surface area (Å²) >= 11 is 3.10. The number of hydrogen-bond acceptors (Lipinski definition) is 3. The van der Waals surface area contributed by atoms with E-state index in [1.54, 1.807) is 14.1 Å². The third-order valence-corrected chi connectivity index (χ3v) is 3.08. The number of anilines is 1. The van der Waals surface area contributed by atoms with Gasteiger partial charge < -0.3 is 21.3 Å². The molecular weight excluding hydrogens is 331 g/mol. The molecule has 0 spiro atoms. The van der Waals surface area contributed by atoms with E-state index in [1.807, 2.05) is 0 Å². The van der Waals surface area contributed by atoms with Gasteiger partial charge in [-0.05, 0) is 28.1 Å². The Labute approximate surface area is 124 Å². The van der Waals surface area contributed by atoms with E-state index in [1.165, 1.54) is 11.0 Å². The van der Waals surface area contributed by atoms with Crippen molar-refractivity contribution in [1.29, 1.82) is 0 Å². The highest BCUT2D eigenvalue weighted by molar-refractivity contribution is 9.10. The van der Waals surface area contributed by atoms with Gasteiger partial charge in [0.05, 0.1) is 11.3 Å². The Morgan fingerprint density at radius 3 is 2.50 bits per heavy atom. The summed E-state index contributed by atoms with van der Waals surface area (Å²) in [6.07, 6.45) is 0. The van der Waals surface area contributed by atoms with Crippen molar-refractivity contribution < 1.29 is 14.0 Å². The molecule has 8 heteroatoms. The molecule has 1 aromatic carbocycles. The van der Waals surface area contributed by atoms with Crippen LogP contribution < -0.4 is 16.4 Å². The van der Waals surface area contributed by atoms with E-state index >= 15 is 0 Å². The van der Waals surface area contributed by atoms with Gasteiger partial charge in [0.15, 0.2) is 0 Å². The van der Waals surface area contributed by atoms with Gasteiger partial charge in [0.1, 0.15) is 5.82 Å². The minimum absolute atomic E-state index is 0.0979. The predicted molar refractivity (Wildman–Crippen MR) is 77.9 cm³/mol. The van der Waals surface area contributed by atoms with Crippen LogP contribution in [0, 0.1) is 5.82 Å². The van der Waals surface area contributed by atoms with Gasteiger partial charge in [-0.3, -0.25) is 4.79 Å². The third kappa shape index (κ3) is 4.37. The smallest absolute Gasteiger partial charge is 0.316 e. The standard InChI is InChI=1S/C12H16BrFN4O2/c1-18(2)12(20)17-4-3-16-11(19)7-5-10(15)9(14)6-8(7)13/h5-6H,3-4,15H2,1-2H3,(H,16,19)(H,17,20). The minimum atomic E-state index is -0.591. The molecule has 1 aromatic rings. The zero-order valence-corrected chi connectivity index (χ0v) is 12.8. The van der Waals surface area contributed by atoms with E-state index in [-0.39, 0.29) is 30.4 Å². The molecule has 0 heterocycles. The Morgan fingerprint density at radius 2 is 1.90 bits per heavy atom. The van der Waals surface area contributed by atoms with Crippen molar-refractivity contribution in [3.63, 3.8) is 0 Å². The zero-order chi connectivity index (χ0) is 15.3. The normalized spacial score (nSPS) is 10.0. The molecule has 4 N–H and O–H groups in total. The quantitative estimate of drug-likeness (QED) is 0.564. The molecule has 20 heavy (non-hydrogen) atoms. The van der Waals surface area contributed by atoms with E-state index in [9.17, 15) is 14.0 Å². The lowest BCUT2D eigenvalue weighted by Gasteiger charge is -2.12. The first-order valence-corrected chi connectivity index (χ1v) is 6.60. The highest BCUT2D eigenvalue weighted by Crippen LogP contribution is 2.22. The molecule has 0 aromatic heterocycles. The molecule has 110 valence electrons. The summed E-state index contributed by atoms with van der Waals surface area (Å²) < 4.78 is 13.5. The summed E-state index contributed by atoms with van der Waals surface area (Å²) in [6, 6.07) is 2.15. The Kier molecular flexibility index (Phi) is 5.75. The summed E-state index contributed by atoms with van der Waals surface area (Å²) in [7, 11) is 3.23. The van der Waals surface area contributed by atoms with Crippen molar-refractivity contribution in [2.75, 3.05) is 32.9 Å². The van der Waals surface area contributed by atoms with Crippen LogP contribution in [0.5, 0.6) is 0 Å². The van der Waals surface area contributed by atoms with Gasteiger partial charge in [0.25, 0.3) is 5.91 Å². The van der Waals surface area contributed by atoms with Crippen LogP contribution in [0.1, 0.15) is 10.4 Å². The zero-order valence-electron chi connectivity index (χ0n) is 11.2. The van der Waals surface area contributed by atoms with E-state index in [0.29, 0.717) is 4.47 Å². The Hall–Kier alpha value is -1.83. The van der Waals surface area contributed by atoms with Crippen LogP contribution in [0.2, 0.25) is 0 Å². The molecule has 0 saturated carbocycles. The van der Waals surface area contributed by atoms with Gasteiger partial charge in [0, 0.05) is 31.7 Å². The maximum absolute atomic E-state index is 13.2.